The van der Waals surface area contributed by atoms with Gasteiger partial charge in [0.25, 0.3) is 0 Å². The first kappa shape index (κ1) is 55.2. The van der Waals surface area contributed by atoms with Crippen LogP contribution in [0.5, 0.6) is 0 Å². The number of aliphatic hydroxyl groups is 5. The maximum Gasteiger partial charge on any atom is 0.187 e. The molecule has 0 spiro atoms. The van der Waals surface area contributed by atoms with Crippen LogP contribution in [0.2, 0.25) is 0 Å². The van der Waals surface area contributed by atoms with Gasteiger partial charge in [-0.3, -0.25) is 0 Å². The van der Waals surface area contributed by atoms with Crippen LogP contribution in [0.4, 0.5) is 0 Å². The molecule has 2 aliphatic rings. The summed E-state index contributed by atoms with van der Waals surface area (Å²) in [4.78, 5) is 0. The molecule has 1 heterocycles. The van der Waals surface area contributed by atoms with E-state index in [-0.39, 0.29) is 17.9 Å². The average Bonchev–Trinajstić information content (AvgIpc) is 3.20. The third kappa shape index (κ3) is 20.2. The van der Waals surface area contributed by atoms with E-state index in [0.717, 1.165) is 53.5 Å². The molecule has 5 N–H and O–H groups in total. The van der Waals surface area contributed by atoms with E-state index in [9.17, 15) is 25.5 Å². The van der Waals surface area contributed by atoms with Crippen LogP contribution in [0.25, 0.3) is 0 Å². The fourth-order valence-corrected chi connectivity index (χ4v) is 7.44. The minimum Gasteiger partial charge on any atom is -0.394 e. The molecule has 0 saturated carbocycles. The van der Waals surface area contributed by atoms with Gasteiger partial charge in [-0.2, -0.15) is 0 Å². The predicted molar refractivity (Wildman–Crippen MR) is 265 cm³/mol. The van der Waals surface area contributed by atoms with E-state index < -0.39 is 42.9 Å². The third-order valence-corrected chi connectivity index (χ3v) is 11.9. The molecule has 2 rings (SSSR count). The van der Waals surface area contributed by atoms with Gasteiger partial charge in [-0.15, -0.1) is 0 Å². The number of hydrogen-bond donors (Lipinski definition) is 5. The normalized spacial score (nSPS) is 25.9. The zero-order chi connectivity index (χ0) is 47.3. The Morgan fingerprint density at radius 1 is 0.730 bits per heavy atom. The number of rotatable bonds is 21. The van der Waals surface area contributed by atoms with Gasteiger partial charge < -0.3 is 35.0 Å². The quantitative estimate of drug-likeness (QED) is 0.0576. The smallest absolute Gasteiger partial charge is 0.187 e. The molecule has 1 fully saturated rings. The van der Waals surface area contributed by atoms with Crippen LogP contribution in [0.15, 0.2) is 166 Å². The lowest BCUT2D eigenvalue weighted by Gasteiger charge is -2.41. The van der Waals surface area contributed by atoms with Crippen molar-refractivity contribution in [2.45, 2.75) is 152 Å². The highest BCUT2D eigenvalue weighted by molar-refractivity contribution is 5.38. The van der Waals surface area contributed by atoms with Crippen LogP contribution >= 0.6 is 0 Å². The summed E-state index contributed by atoms with van der Waals surface area (Å²) < 4.78 is 11.2. The Labute approximate surface area is 381 Å². The Hall–Kier alpha value is -3.92. The van der Waals surface area contributed by atoms with E-state index in [1.807, 2.05) is 20.8 Å². The molecular formula is C56H82O7. The van der Waals surface area contributed by atoms with Crippen LogP contribution < -0.4 is 0 Å². The summed E-state index contributed by atoms with van der Waals surface area (Å²) in [5.74, 6) is 0.490. The van der Waals surface area contributed by atoms with Gasteiger partial charge >= 0.3 is 0 Å². The van der Waals surface area contributed by atoms with Crippen molar-refractivity contribution in [1.29, 1.82) is 0 Å². The highest BCUT2D eigenvalue weighted by Crippen LogP contribution is 2.47. The van der Waals surface area contributed by atoms with Crippen LogP contribution in [-0.2, 0) is 9.47 Å². The van der Waals surface area contributed by atoms with Crippen LogP contribution in [0.3, 0.4) is 0 Å². The Balaban J connectivity index is 1.91. The molecule has 0 bridgehead atoms. The third-order valence-electron chi connectivity index (χ3n) is 11.9. The van der Waals surface area contributed by atoms with Crippen molar-refractivity contribution >= 4 is 0 Å². The van der Waals surface area contributed by atoms with Crippen molar-refractivity contribution in [3.63, 3.8) is 0 Å². The summed E-state index contributed by atoms with van der Waals surface area (Å²) in [5, 5.41) is 50.4. The van der Waals surface area contributed by atoms with Gasteiger partial charge in [0.05, 0.1) is 18.8 Å². The molecule has 7 heteroatoms. The van der Waals surface area contributed by atoms with E-state index in [4.69, 9.17) is 9.47 Å². The monoisotopic (exact) mass is 867 g/mol. The summed E-state index contributed by atoms with van der Waals surface area (Å²) in [6.45, 7) is 27.0. The second kappa shape index (κ2) is 27.4. The minimum absolute atomic E-state index is 0.0312. The molecule has 0 unspecified atom stereocenters. The maximum absolute atomic E-state index is 10.6. The lowest BCUT2D eigenvalue weighted by Crippen LogP contribution is -2.59. The van der Waals surface area contributed by atoms with Crippen molar-refractivity contribution in [1.82, 2.24) is 0 Å². The van der Waals surface area contributed by atoms with Crippen molar-refractivity contribution in [2.75, 3.05) is 13.2 Å². The fraction of sp³-hybridized carbons (Fsp3) is 0.500. The second-order valence-corrected chi connectivity index (χ2v) is 18.9. The van der Waals surface area contributed by atoms with Crippen LogP contribution in [0.1, 0.15) is 116 Å². The van der Waals surface area contributed by atoms with E-state index >= 15 is 0 Å². The van der Waals surface area contributed by atoms with Gasteiger partial charge in [0.1, 0.15) is 24.4 Å². The lowest BCUT2D eigenvalue weighted by molar-refractivity contribution is -0.299. The van der Waals surface area contributed by atoms with Crippen molar-refractivity contribution in [3.8, 4) is 0 Å². The molecule has 0 aromatic carbocycles. The Morgan fingerprint density at radius 3 is 1.75 bits per heavy atom. The van der Waals surface area contributed by atoms with E-state index in [1.54, 1.807) is 0 Å². The first-order valence-corrected chi connectivity index (χ1v) is 22.6. The molecule has 7 nitrogen and oxygen atoms in total. The van der Waals surface area contributed by atoms with Gasteiger partial charge in [-0.1, -0.05) is 174 Å². The average molecular weight is 867 g/mol. The molecule has 63 heavy (non-hydrogen) atoms. The first-order chi connectivity index (χ1) is 29.6. The first-order valence-electron chi connectivity index (χ1n) is 22.6. The number of allylic oxidation sites excluding steroid dienone is 26. The Bertz CT molecular complexity index is 1900. The molecule has 0 aromatic rings. The summed E-state index contributed by atoms with van der Waals surface area (Å²) >= 11 is 0. The summed E-state index contributed by atoms with van der Waals surface area (Å²) in [6.07, 6.45) is 37.7. The van der Waals surface area contributed by atoms with Crippen LogP contribution in [-0.4, -0.2) is 75.1 Å². The summed E-state index contributed by atoms with van der Waals surface area (Å²) in [7, 11) is 0. The predicted octanol–water partition coefficient (Wildman–Crippen LogP) is 11.7. The highest BCUT2D eigenvalue weighted by Gasteiger charge is 2.44. The standard InChI is InChI=1S/C56H82O7/c1-39(2)27-32-48(56(12,13)61)34-28-43(6)25-18-24-42(5)23-16-21-40(3)19-14-15-20-41(4)22-17-26-44(7)30-36-49-46(9)31-35-47(55(49,10)11)33-29-45(8)38-62-54-53(60)52(59)51(58)50(37-57)63-54/h14-30,34,36,47-48,50-54,57-61H,31-33,35,37-38H2,1-13H3/b15-14+,21-16+,22-17+,24-18+,34-28+,36-30+,40-19+,41-20+,42-23+,43-25+,44-26+,45-29+/t47-,48-,50+,51+,52-,53+,54+/m0/s1. The van der Waals surface area contributed by atoms with E-state index in [0.29, 0.717) is 5.92 Å². The van der Waals surface area contributed by atoms with Gasteiger partial charge in [0, 0.05) is 5.92 Å². The van der Waals surface area contributed by atoms with Gasteiger partial charge in [0.15, 0.2) is 6.29 Å². The maximum atomic E-state index is 10.6. The van der Waals surface area contributed by atoms with Gasteiger partial charge in [-0.05, 0) is 119 Å². The highest BCUT2D eigenvalue weighted by atomic mass is 16.7. The lowest BCUT2D eigenvalue weighted by atomic mass is 9.64. The summed E-state index contributed by atoms with van der Waals surface area (Å²) in [5.41, 5.74) is 10.0. The number of ether oxygens (including phenoxy) is 2. The molecule has 1 saturated heterocycles. The number of hydrogen-bond acceptors (Lipinski definition) is 7. The zero-order valence-corrected chi connectivity index (χ0v) is 40.8. The molecule has 7 atom stereocenters. The molecule has 348 valence electrons. The van der Waals surface area contributed by atoms with Crippen molar-refractivity contribution < 1.29 is 35.0 Å². The van der Waals surface area contributed by atoms with E-state index in [2.05, 4.69) is 185 Å². The second-order valence-electron chi connectivity index (χ2n) is 18.9. The van der Waals surface area contributed by atoms with E-state index in [1.165, 1.54) is 22.3 Å². The zero-order valence-electron chi connectivity index (χ0n) is 40.8. The van der Waals surface area contributed by atoms with Crippen molar-refractivity contribution in [3.05, 3.63) is 166 Å². The summed E-state index contributed by atoms with van der Waals surface area (Å²) in [6, 6.07) is 0. The molecule has 1 aliphatic carbocycles. The molecule has 1 aliphatic heterocycles. The molecular weight excluding hydrogens is 785 g/mol. The topological polar surface area (TPSA) is 120 Å². The molecule has 0 amide bonds. The number of aliphatic hydroxyl groups excluding tert-OH is 4. The van der Waals surface area contributed by atoms with Crippen molar-refractivity contribution in [2.24, 2.45) is 17.3 Å². The molecule has 0 aromatic heterocycles. The Morgan fingerprint density at radius 2 is 1.24 bits per heavy atom. The van der Waals surface area contributed by atoms with Crippen LogP contribution in [0, 0.1) is 17.3 Å². The van der Waals surface area contributed by atoms with Gasteiger partial charge in [0.2, 0.25) is 0 Å². The largest absolute Gasteiger partial charge is 0.394 e. The Kier molecular flexibility index (Phi) is 24.0. The fourth-order valence-electron chi connectivity index (χ4n) is 7.44. The van der Waals surface area contributed by atoms with Gasteiger partial charge in [-0.25, -0.2) is 0 Å². The molecule has 0 radical (unpaired) electrons. The SMILES string of the molecule is CC(C)=CC[C@@H](/C=C/C(C)=C/C=C/C(C)=C/C=C/C(C)=C/C=C/C=C(C)/C=C/C=C(C)/C=C/C1=C(C)CC[C@H](C/C=C(\C)CO[C@@H]2O[C@H](CO)[C@@H](O)[C@H](O)[C@H]2O)C1(C)C)C(C)(C)O. The minimum atomic E-state index is -1.45.